The summed E-state index contributed by atoms with van der Waals surface area (Å²) >= 11 is 0. The van der Waals surface area contributed by atoms with Gasteiger partial charge in [-0.25, -0.2) is 0 Å². The number of hydrogen-bond acceptors (Lipinski definition) is 5. The second-order valence-electron chi connectivity index (χ2n) is 5.58. The van der Waals surface area contributed by atoms with E-state index in [4.69, 9.17) is 5.73 Å². The highest BCUT2D eigenvalue weighted by Crippen LogP contribution is 2.22. The van der Waals surface area contributed by atoms with Crippen molar-refractivity contribution in [1.29, 1.82) is 0 Å². The average Bonchev–Trinajstić information content (AvgIpc) is 2.45. The fourth-order valence-corrected chi connectivity index (χ4v) is 1.97. The molecular weight excluding hydrogens is 324 g/mol. The number of nitrogens with zero attached hydrogens (tertiary/aromatic N) is 1. The van der Waals surface area contributed by atoms with E-state index in [-0.39, 0.29) is 30.2 Å². The first-order valence-corrected chi connectivity index (χ1v) is 6.57. The molecule has 2 rings (SSSR count). The number of fused-ring (bicyclic) bond motifs is 1. The van der Waals surface area contributed by atoms with E-state index >= 15 is 0 Å². The Labute approximate surface area is 137 Å². The SMILES string of the molecule is CC(C)(CN)NC(=O)c1cc(=O)[nH]c2ccc([N+](=O)[O-])cc12.Cl. The molecule has 0 atom stereocenters. The molecule has 124 valence electrons. The number of nitro groups is 1. The molecule has 4 N–H and O–H groups in total. The summed E-state index contributed by atoms with van der Waals surface area (Å²) < 4.78 is 0. The van der Waals surface area contributed by atoms with Crippen LogP contribution in [-0.4, -0.2) is 27.9 Å². The van der Waals surface area contributed by atoms with E-state index in [1.807, 2.05) is 0 Å². The standard InChI is InChI=1S/C14H16N4O4.ClH/c1-14(2,7-15)17-13(20)10-6-12(19)16-11-4-3-8(18(21)22)5-9(10)11;/h3-6H,7,15H2,1-2H3,(H,16,19)(H,17,20);1H. The number of carbonyl (C=O) groups excluding carboxylic acids is 1. The van der Waals surface area contributed by atoms with Crippen LogP contribution in [0.5, 0.6) is 0 Å². The lowest BCUT2D eigenvalue weighted by Crippen LogP contribution is -2.49. The number of amides is 1. The molecule has 0 bridgehead atoms. The molecule has 1 amide bonds. The van der Waals surface area contributed by atoms with Crippen molar-refractivity contribution in [2.75, 3.05) is 6.54 Å². The van der Waals surface area contributed by atoms with E-state index in [1.54, 1.807) is 13.8 Å². The third kappa shape index (κ3) is 4.05. The quantitative estimate of drug-likeness (QED) is 0.570. The van der Waals surface area contributed by atoms with Gasteiger partial charge in [-0.15, -0.1) is 12.4 Å². The van der Waals surface area contributed by atoms with Crippen molar-refractivity contribution < 1.29 is 9.72 Å². The maximum absolute atomic E-state index is 12.4. The highest BCUT2D eigenvalue weighted by molar-refractivity contribution is 6.06. The topological polar surface area (TPSA) is 131 Å². The Bertz CT molecular complexity index is 816. The first-order valence-electron chi connectivity index (χ1n) is 6.57. The number of nitrogens with two attached hydrogens (primary N) is 1. The maximum Gasteiger partial charge on any atom is 0.270 e. The smallest absolute Gasteiger partial charge is 0.270 e. The summed E-state index contributed by atoms with van der Waals surface area (Å²) in [4.78, 5) is 36.9. The molecule has 0 radical (unpaired) electrons. The zero-order valence-corrected chi connectivity index (χ0v) is 13.4. The molecule has 23 heavy (non-hydrogen) atoms. The van der Waals surface area contributed by atoms with Crippen molar-refractivity contribution in [2.24, 2.45) is 5.73 Å². The number of nitro benzene ring substituents is 1. The molecule has 0 aliphatic rings. The third-order valence-corrected chi connectivity index (χ3v) is 3.24. The van der Waals surface area contributed by atoms with E-state index in [9.17, 15) is 19.7 Å². The van der Waals surface area contributed by atoms with Gasteiger partial charge in [-0.1, -0.05) is 0 Å². The molecule has 0 saturated carbocycles. The summed E-state index contributed by atoms with van der Waals surface area (Å²) in [5.41, 5.74) is 4.71. The first kappa shape index (κ1) is 18.6. The maximum atomic E-state index is 12.4. The second kappa shape index (κ2) is 6.76. The number of halogens is 1. The van der Waals surface area contributed by atoms with Gasteiger partial charge in [0.15, 0.2) is 0 Å². The van der Waals surface area contributed by atoms with Gasteiger partial charge >= 0.3 is 0 Å². The summed E-state index contributed by atoms with van der Waals surface area (Å²) in [6, 6.07) is 5.05. The number of pyridine rings is 1. The van der Waals surface area contributed by atoms with Crippen LogP contribution in [0.1, 0.15) is 24.2 Å². The molecule has 0 aliphatic carbocycles. The van der Waals surface area contributed by atoms with Gasteiger partial charge in [0.05, 0.1) is 10.5 Å². The number of aromatic amines is 1. The fraction of sp³-hybridized carbons (Fsp3) is 0.286. The van der Waals surface area contributed by atoms with Crippen molar-refractivity contribution >= 4 is 34.9 Å². The van der Waals surface area contributed by atoms with Crippen LogP contribution in [0.3, 0.4) is 0 Å². The van der Waals surface area contributed by atoms with Gasteiger partial charge in [0.1, 0.15) is 0 Å². The zero-order chi connectivity index (χ0) is 16.5. The van der Waals surface area contributed by atoms with E-state index in [0.29, 0.717) is 10.9 Å². The Balaban J connectivity index is 0.00000264. The Morgan fingerprint density at radius 1 is 1.39 bits per heavy atom. The van der Waals surface area contributed by atoms with Gasteiger partial charge < -0.3 is 16.0 Å². The van der Waals surface area contributed by atoms with Crippen LogP contribution in [-0.2, 0) is 0 Å². The molecule has 9 heteroatoms. The Morgan fingerprint density at radius 2 is 2.04 bits per heavy atom. The molecule has 1 heterocycles. The summed E-state index contributed by atoms with van der Waals surface area (Å²) in [5.74, 6) is -0.507. The molecule has 0 aliphatic heterocycles. The monoisotopic (exact) mass is 340 g/mol. The largest absolute Gasteiger partial charge is 0.346 e. The van der Waals surface area contributed by atoms with E-state index in [2.05, 4.69) is 10.3 Å². The van der Waals surface area contributed by atoms with Gasteiger partial charge in [-0.2, -0.15) is 0 Å². The van der Waals surface area contributed by atoms with E-state index in [0.717, 1.165) is 6.07 Å². The number of carbonyl (C=O) groups is 1. The lowest BCUT2D eigenvalue weighted by molar-refractivity contribution is -0.384. The summed E-state index contributed by atoms with van der Waals surface area (Å²) in [6.07, 6.45) is 0. The van der Waals surface area contributed by atoms with Gasteiger partial charge in [-0.05, 0) is 19.9 Å². The van der Waals surface area contributed by atoms with Crippen LogP contribution >= 0.6 is 12.4 Å². The van der Waals surface area contributed by atoms with Crippen LogP contribution in [0.4, 0.5) is 5.69 Å². The van der Waals surface area contributed by atoms with Crippen molar-refractivity contribution in [2.45, 2.75) is 19.4 Å². The van der Waals surface area contributed by atoms with E-state index < -0.39 is 21.9 Å². The number of rotatable bonds is 4. The normalized spacial score (nSPS) is 10.9. The molecule has 0 fully saturated rings. The predicted molar refractivity (Wildman–Crippen MR) is 89.1 cm³/mol. The number of benzene rings is 1. The van der Waals surface area contributed by atoms with Gasteiger partial charge in [0.25, 0.3) is 11.6 Å². The number of non-ortho nitro benzene ring substituents is 1. The minimum Gasteiger partial charge on any atom is -0.346 e. The van der Waals surface area contributed by atoms with Crippen LogP contribution in [0.2, 0.25) is 0 Å². The predicted octanol–water partition coefficient (Wildman–Crippen LogP) is 1.33. The molecule has 0 saturated heterocycles. The van der Waals surface area contributed by atoms with Crippen LogP contribution in [0, 0.1) is 10.1 Å². The molecule has 1 aromatic heterocycles. The van der Waals surface area contributed by atoms with Gasteiger partial charge in [0, 0.05) is 41.2 Å². The minimum absolute atomic E-state index is 0. The number of aromatic nitrogens is 1. The molecule has 1 aromatic carbocycles. The third-order valence-electron chi connectivity index (χ3n) is 3.24. The molecule has 8 nitrogen and oxygen atoms in total. The first-order chi connectivity index (χ1) is 10.2. The average molecular weight is 341 g/mol. The summed E-state index contributed by atoms with van der Waals surface area (Å²) in [5, 5.41) is 13.9. The Kier molecular flexibility index (Phi) is 5.46. The molecular formula is C14H17ClN4O4. The number of H-pyrrole nitrogens is 1. The molecule has 0 spiro atoms. The van der Waals surface area contributed by atoms with Gasteiger partial charge in [-0.3, -0.25) is 19.7 Å². The molecule has 0 unspecified atom stereocenters. The highest BCUT2D eigenvalue weighted by atomic mass is 35.5. The molecule has 2 aromatic rings. The zero-order valence-electron chi connectivity index (χ0n) is 12.6. The summed E-state index contributed by atoms with van der Waals surface area (Å²) in [6.45, 7) is 3.69. The second-order valence-corrected chi connectivity index (χ2v) is 5.58. The van der Waals surface area contributed by atoms with Crippen molar-refractivity contribution in [3.63, 3.8) is 0 Å². The van der Waals surface area contributed by atoms with Crippen molar-refractivity contribution in [1.82, 2.24) is 10.3 Å². The summed E-state index contributed by atoms with van der Waals surface area (Å²) in [7, 11) is 0. The van der Waals surface area contributed by atoms with Crippen LogP contribution < -0.4 is 16.6 Å². The number of hydrogen-bond donors (Lipinski definition) is 3. The van der Waals surface area contributed by atoms with Crippen LogP contribution in [0.15, 0.2) is 29.1 Å². The van der Waals surface area contributed by atoms with Gasteiger partial charge in [0.2, 0.25) is 5.56 Å². The Morgan fingerprint density at radius 3 is 2.61 bits per heavy atom. The minimum atomic E-state index is -0.660. The lowest BCUT2D eigenvalue weighted by atomic mass is 10.0. The van der Waals surface area contributed by atoms with Crippen molar-refractivity contribution in [3.8, 4) is 0 Å². The van der Waals surface area contributed by atoms with Crippen LogP contribution in [0.25, 0.3) is 10.9 Å². The van der Waals surface area contributed by atoms with E-state index in [1.165, 1.54) is 18.2 Å². The lowest BCUT2D eigenvalue weighted by Gasteiger charge is -2.24. The van der Waals surface area contributed by atoms with Crippen molar-refractivity contribution in [3.05, 3.63) is 50.3 Å². The highest BCUT2D eigenvalue weighted by Gasteiger charge is 2.22. The number of nitrogens with one attached hydrogen (secondary N) is 2. The Hall–Kier alpha value is -2.45. The fourth-order valence-electron chi connectivity index (χ4n) is 1.97.